The van der Waals surface area contributed by atoms with Gasteiger partial charge in [0.15, 0.2) is 0 Å². The first-order valence-corrected chi connectivity index (χ1v) is 8.92. The lowest BCUT2D eigenvalue weighted by atomic mass is 10.1. The molecule has 1 aliphatic rings. The number of nitrogens with one attached hydrogen (secondary N) is 1. The molecule has 0 bridgehead atoms. The number of rotatable bonds is 6. The molecule has 27 heavy (non-hydrogen) atoms. The molecule has 1 N–H and O–H groups in total. The largest absolute Gasteiger partial charge is 0.493 e. The number of carbonyl (C=O) groups excluding carboxylic acids is 1. The number of hydrogen-bond donors (Lipinski definition) is 1. The van der Waals surface area contributed by atoms with E-state index in [1.54, 1.807) is 12.4 Å². The zero-order chi connectivity index (χ0) is 18.5. The Bertz CT molecular complexity index is 941. The molecule has 1 aliphatic heterocycles. The highest BCUT2D eigenvalue weighted by Gasteiger charge is 2.13. The van der Waals surface area contributed by atoms with E-state index < -0.39 is 0 Å². The van der Waals surface area contributed by atoms with E-state index in [2.05, 4.69) is 16.4 Å². The molecular formula is C22H20N2O3. The van der Waals surface area contributed by atoms with Gasteiger partial charge >= 0.3 is 0 Å². The second-order valence-electron chi connectivity index (χ2n) is 6.44. The van der Waals surface area contributed by atoms with Gasteiger partial charge in [-0.05, 0) is 35.4 Å². The lowest BCUT2D eigenvalue weighted by Crippen LogP contribution is -2.14. The smallest absolute Gasteiger partial charge is 0.228 e. The quantitative estimate of drug-likeness (QED) is 0.727. The fourth-order valence-electron chi connectivity index (χ4n) is 3.05. The second-order valence-corrected chi connectivity index (χ2v) is 6.44. The molecule has 0 spiro atoms. The van der Waals surface area contributed by atoms with Gasteiger partial charge in [-0.2, -0.15) is 0 Å². The molecule has 0 saturated heterocycles. The summed E-state index contributed by atoms with van der Waals surface area (Å²) in [5.74, 6) is 1.57. The van der Waals surface area contributed by atoms with Crippen LogP contribution in [-0.4, -0.2) is 17.5 Å². The number of benzene rings is 2. The molecule has 136 valence electrons. The third kappa shape index (κ3) is 4.44. The molecule has 0 saturated carbocycles. The number of fused-ring (bicyclic) bond motifs is 1. The Morgan fingerprint density at radius 1 is 1.11 bits per heavy atom. The average molecular weight is 360 g/mol. The van der Waals surface area contributed by atoms with Gasteiger partial charge in [-0.1, -0.05) is 24.3 Å². The van der Waals surface area contributed by atoms with Crippen LogP contribution in [0.4, 0.5) is 5.69 Å². The monoisotopic (exact) mass is 360 g/mol. The summed E-state index contributed by atoms with van der Waals surface area (Å²) in [4.78, 5) is 16.5. The van der Waals surface area contributed by atoms with Gasteiger partial charge in [0.25, 0.3) is 0 Å². The maximum atomic E-state index is 12.4. The number of anilines is 1. The summed E-state index contributed by atoms with van der Waals surface area (Å²) in [5.41, 5.74) is 3.87. The van der Waals surface area contributed by atoms with Gasteiger partial charge in [0.05, 0.1) is 13.0 Å². The number of nitrogens with zero attached hydrogens (tertiary/aromatic N) is 1. The Kier molecular flexibility index (Phi) is 5.01. The molecule has 0 unspecified atom stereocenters. The van der Waals surface area contributed by atoms with Crippen molar-refractivity contribution in [1.29, 1.82) is 0 Å². The maximum absolute atomic E-state index is 12.4. The minimum atomic E-state index is -0.0572. The number of pyridine rings is 1. The number of hydrogen-bond acceptors (Lipinski definition) is 4. The summed E-state index contributed by atoms with van der Waals surface area (Å²) >= 11 is 0. The van der Waals surface area contributed by atoms with E-state index in [0.29, 0.717) is 24.5 Å². The summed E-state index contributed by atoms with van der Waals surface area (Å²) in [6.07, 6.45) is 4.73. The van der Waals surface area contributed by atoms with E-state index in [0.717, 1.165) is 29.9 Å². The number of carbonyl (C=O) groups is 1. The van der Waals surface area contributed by atoms with E-state index in [-0.39, 0.29) is 5.91 Å². The highest BCUT2D eigenvalue weighted by atomic mass is 16.5. The summed E-state index contributed by atoms with van der Waals surface area (Å²) in [6.45, 7) is 1.15. The van der Waals surface area contributed by atoms with Gasteiger partial charge < -0.3 is 14.8 Å². The molecule has 2 aromatic carbocycles. The molecule has 3 aromatic rings. The fraction of sp³-hybridized carbons (Fsp3) is 0.182. The lowest BCUT2D eigenvalue weighted by Gasteiger charge is -2.10. The van der Waals surface area contributed by atoms with Crippen LogP contribution in [0.2, 0.25) is 0 Å². The van der Waals surface area contributed by atoms with Gasteiger partial charge in [-0.25, -0.2) is 0 Å². The summed E-state index contributed by atoms with van der Waals surface area (Å²) in [7, 11) is 0. The van der Waals surface area contributed by atoms with Gasteiger partial charge in [-0.3, -0.25) is 9.78 Å². The van der Waals surface area contributed by atoms with Crippen LogP contribution in [0.1, 0.15) is 16.7 Å². The van der Waals surface area contributed by atoms with Crippen molar-refractivity contribution in [1.82, 2.24) is 4.98 Å². The molecule has 0 atom stereocenters. The molecule has 5 heteroatoms. The first-order chi connectivity index (χ1) is 13.3. The van der Waals surface area contributed by atoms with Crippen molar-refractivity contribution < 1.29 is 14.3 Å². The normalized spacial score (nSPS) is 12.1. The standard InChI is InChI=1S/C22H20N2O3/c25-22(12-16-6-7-21-18(11-16)8-10-26-21)24-19-4-1-5-20(13-19)27-15-17-3-2-9-23-14-17/h1-7,9,11,13-14H,8,10,12,15H2,(H,24,25). The molecule has 0 aliphatic carbocycles. The SMILES string of the molecule is O=C(Cc1ccc2c(c1)CCO2)Nc1cccc(OCc2cccnc2)c1. The van der Waals surface area contributed by atoms with Crippen molar-refractivity contribution in [2.45, 2.75) is 19.4 Å². The van der Waals surface area contributed by atoms with Crippen molar-refractivity contribution in [3.05, 3.63) is 83.7 Å². The summed E-state index contributed by atoms with van der Waals surface area (Å²) in [6, 6.07) is 17.2. The summed E-state index contributed by atoms with van der Waals surface area (Å²) in [5, 5.41) is 2.93. The minimum absolute atomic E-state index is 0.0572. The van der Waals surface area contributed by atoms with Crippen LogP contribution in [0.5, 0.6) is 11.5 Å². The van der Waals surface area contributed by atoms with Crippen molar-refractivity contribution in [2.75, 3.05) is 11.9 Å². The molecule has 1 amide bonds. The Balaban J connectivity index is 1.35. The van der Waals surface area contributed by atoms with Crippen molar-refractivity contribution >= 4 is 11.6 Å². The topological polar surface area (TPSA) is 60.5 Å². The van der Waals surface area contributed by atoms with Gasteiger partial charge in [0, 0.05) is 36.1 Å². The van der Waals surface area contributed by atoms with Gasteiger partial charge in [0.1, 0.15) is 18.1 Å². The predicted octanol–water partition coefficient (Wildman–Crippen LogP) is 3.78. The van der Waals surface area contributed by atoms with Crippen LogP contribution in [0.15, 0.2) is 67.0 Å². The predicted molar refractivity (Wildman–Crippen MR) is 103 cm³/mol. The third-order valence-corrected chi connectivity index (χ3v) is 4.36. The van der Waals surface area contributed by atoms with Crippen LogP contribution < -0.4 is 14.8 Å². The van der Waals surface area contributed by atoms with Gasteiger partial charge in [0.2, 0.25) is 5.91 Å². The Morgan fingerprint density at radius 3 is 2.96 bits per heavy atom. The van der Waals surface area contributed by atoms with Crippen LogP contribution >= 0.6 is 0 Å². The molecule has 0 radical (unpaired) electrons. The van der Waals surface area contributed by atoms with Crippen LogP contribution in [0, 0.1) is 0 Å². The van der Waals surface area contributed by atoms with Gasteiger partial charge in [-0.15, -0.1) is 0 Å². The molecular weight excluding hydrogens is 340 g/mol. The number of amides is 1. The maximum Gasteiger partial charge on any atom is 0.228 e. The first-order valence-electron chi connectivity index (χ1n) is 8.92. The highest BCUT2D eigenvalue weighted by Crippen LogP contribution is 2.26. The number of ether oxygens (including phenoxy) is 2. The average Bonchev–Trinajstić information content (AvgIpc) is 3.15. The van der Waals surface area contributed by atoms with Crippen molar-refractivity contribution in [3.8, 4) is 11.5 Å². The molecule has 2 heterocycles. The van der Waals surface area contributed by atoms with E-state index in [9.17, 15) is 4.79 Å². The molecule has 1 aromatic heterocycles. The van der Waals surface area contributed by atoms with E-state index in [4.69, 9.17) is 9.47 Å². The van der Waals surface area contributed by atoms with Crippen molar-refractivity contribution in [3.63, 3.8) is 0 Å². The zero-order valence-corrected chi connectivity index (χ0v) is 14.9. The van der Waals surface area contributed by atoms with E-state index in [1.807, 2.05) is 48.5 Å². The zero-order valence-electron chi connectivity index (χ0n) is 14.9. The fourth-order valence-corrected chi connectivity index (χ4v) is 3.05. The summed E-state index contributed by atoms with van der Waals surface area (Å²) < 4.78 is 11.3. The highest BCUT2D eigenvalue weighted by molar-refractivity contribution is 5.92. The van der Waals surface area contributed by atoms with Crippen LogP contribution in [0.25, 0.3) is 0 Å². The Labute approximate surface area is 158 Å². The minimum Gasteiger partial charge on any atom is -0.493 e. The first kappa shape index (κ1) is 17.1. The third-order valence-electron chi connectivity index (χ3n) is 4.36. The Morgan fingerprint density at radius 2 is 2.07 bits per heavy atom. The van der Waals surface area contributed by atoms with E-state index >= 15 is 0 Å². The number of aromatic nitrogens is 1. The molecule has 0 fully saturated rings. The lowest BCUT2D eigenvalue weighted by molar-refractivity contribution is -0.115. The van der Waals surface area contributed by atoms with E-state index in [1.165, 1.54) is 5.56 Å². The Hall–Kier alpha value is -3.34. The van der Waals surface area contributed by atoms with Crippen molar-refractivity contribution in [2.24, 2.45) is 0 Å². The molecule has 4 rings (SSSR count). The van der Waals surface area contributed by atoms with Crippen LogP contribution in [0.3, 0.4) is 0 Å². The second kappa shape index (κ2) is 7.91. The molecule has 5 nitrogen and oxygen atoms in total. The van der Waals surface area contributed by atoms with Crippen LogP contribution in [-0.2, 0) is 24.2 Å².